The number of halogens is 2. The topological polar surface area (TPSA) is 49.3 Å². The van der Waals surface area contributed by atoms with Crippen LogP contribution in [0.2, 0.25) is 0 Å². The molecule has 5 aromatic carbocycles. The van der Waals surface area contributed by atoms with Gasteiger partial charge in [0.1, 0.15) is 17.2 Å². The fourth-order valence-corrected chi connectivity index (χ4v) is 7.40. The number of aliphatic hydroxyl groups is 1. The van der Waals surface area contributed by atoms with Gasteiger partial charge in [0.05, 0.1) is 6.04 Å². The van der Waals surface area contributed by atoms with E-state index >= 15 is 4.57 Å². The molecule has 0 saturated heterocycles. The summed E-state index contributed by atoms with van der Waals surface area (Å²) in [5, 5.41) is 17.2. The van der Waals surface area contributed by atoms with Crippen molar-refractivity contribution in [3.63, 3.8) is 0 Å². The van der Waals surface area contributed by atoms with E-state index in [0.29, 0.717) is 21.7 Å². The highest BCUT2D eigenvalue weighted by molar-refractivity contribution is 7.76. The molecule has 3 nitrogen and oxygen atoms in total. The number of benzene rings is 5. The van der Waals surface area contributed by atoms with Crippen LogP contribution in [0.5, 0.6) is 0 Å². The molecule has 0 fully saturated rings. The van der Waals surface area contributed by atoms with E-state index in [-0.39, 0.29) is 6.42 Å². The summed E-state index contributed by atoms with van der Waals surface area (Å²) in [4.78, 5) is 0. The minimum atomic E-state index is -3.53. The predicted molar refractivity (Wildman–Crippen MR) is 153 cm³/mol. The number of hydrogen-bond donors (Lipinski definition) is 2. The Hall–Kier alpha value is -3.89. The first-order valence-electron chi connectivity index (χ1n) is 12.7. The van der Waals surface area contributed by atoms with Gasteiger partial charge in [0.25, 0.3) is 0 Å². The van der Waals surface area contributed by atoms with Crippen molar-refractivity contribution in [2.75, 3.05) is 0 Å². The first kappa shape index (κ1) is 26.7. The first-order chi connectivity index (χ1) is 18.9. The Kier molecular flexibility index (Phi) is 7.85. The normalized spacial score (nSPS) is 12.7. The quantitative estimate of drug-likeness (QED) is 0.215. The number of rotatable bonds is 9. The fourth-order valence-electron chi connectivity index (χ4n) is 4.91. The van der Waals surface area contributed by atoms with Gasteiger partial charge in [0, 0.05) is 10.6 Å². The van der Waals surface area contributed by atoms with Gasteiger partial charge in [0.2, 0.25) is 7.29 Å². The summed E-state index contributed by atoms with van der Waals surface area (Å²) < 4.78 is 43.1. The molecule has 2 N–H and O–H groups in total. The van der Waals surface area contributed by atoms with Crippen LogP contribution >= 0.6 is 7.29 Å². The third-order valence-corrected chi connectivity index (χ3v) is 9.66. The number of hydrogen-bond acceptors (Lipinski definition) is 2. The van der Waals surface area contributed by atoms with Crippen LogP contribution in [0.25, 0.3) is 0 Å². The van der Waals surface area contributed by atoms with E-state index in [1.807, 2.05) is 66.7 Å². The summed E-state index contributed by atoms with van der Waals surface area (Å²) in [5.74, 6) is -0.904. The monoisotopic (exact) mass is 539 g/mol. The summed E-state index contributed by atoms with van der Waals surface area (Å²) in [7, 11) is -3.53. The van der Waals surface area contributed by atoms with Crippen LogP contribution in [0.3, 0.4) is 0 Å². The van der Waals surface area contributed by atoms with Crippen molar-refractivity contribution in [1.29, 1.82) is 0 Å². The maximum absolute atomic E-state index is 15.1. The van der Waals surface area contributed by atoms with Gasteiger partial charge < -0.3 is 5.11 Å². The van der Waals surface area contributed by atoms with Gasteiger partial charge in [-0.1, -0.05) is 91.0 Å². The van der Waals surface area contributed by atoms with Gasteiger partial charge in [-0.3, -0.25) is 9.65 Å². The van der Waals surface area contributed by atoms with Gasteiger partial charge >= 0.3 is 0 Å². The molecule has 5 aromatic rings. The minimum Gasteiger partial charge on any atom is -0.379 e. The molecular formula is C33H28F2NO2P. The van der Waals surface area contributed by atoms with E-state index in [4.69, 9.17) is 0 Å². The Morgan fingerprint density at radius 1 is 0.615 bits per heavy atom. The summed E-state index contributed by atoms with van der Waals surface area (Å²) >= 11 is 0. The lowest BCUT2D eigenvalue weighted by molar-refractivity contribution is 0.0454. The van der Waals surface area contributed by atoms with Crippen LogP contribution < -0.4 is 15.7 Å². The largest absolute Gasteiger partial charge is 0.379 e. The molecule has 0 aliphatic carbocycles. The van der Waals surface area contributed by atoms with Gasteiger partial charge in [0.15, 0.2) is 0 Å². The smallest absolute Gasteiger partial charge is 0.205 e. The zero-order chi connectivity index (χ0) is 27.3. The molecule has 0 bridgehead atoms. The second kappa shape index (κ2) is 11.5. The second-order valence-corrected chi connectivity index (χ2v) is 11.9. The van der Waals surface area contributed by atoms with E-state index in [1.54, 1.807) is 24.3 Å². The highest BCUT2D eigenvalue weighted by Crippen LogP contribution is 2.44. The van der Waals surface area contributed by atoms with Crippen LogP contribution in [0.1, 0.15) is 16.7 Å². The van der Waals surface area contributed by atoms with E-state index in [1.165, 1.54) is 48.5 Å². The van der Waals surface area contributed by atoms with Crippen molar-refractivity contribution in [3.8, 4) is 0 Å². The molecule has 39 heavy (non-hydrogen) atoms. The summed E-state index contributed by atoms with van der Waals surface area (Å²) in [5.41, 5.74) is -0.144. The summed E-state index contributed by atoms with van der Waals surface area (Å²) in [6.07, 6.45) is 0.274. The van der Waals surface area contributed by atoms with Gasteiger partial charge in [-0.25, -0.2) is 8.78 Å². The maximum atomic E-state index is 15.1. The van der Waals surface area contributed by atoms with Crippen LogP contribution in [-0.2, 0) is 16.6 Å². The molecule has 0 aliphatic rings. The molecule has 0 saturated carbocycles. The molecular weight excluding hydrogens is 511 g/mol. The zero-order valence-corrected chi connectivity index (χ0v) is 22.0. The lowest BCUT2D eigenvalue weighted by atomic mass is 9.78. The van der Waals surface area contributed by atoms with E-state index in [0.717, 1.165) is 5.56 Å². The van der Waals surface area contributed by atoms with Crippen LogP contribution in [0.15, 0.2) is 140 Å². The SMILES string of the molecule is O=P(N[C@@H](Cc1ccccc1)C(O)(c1ccc(F)cc1)c1ccc(F)cc1)(c1ccccc1)c1ccccc1. The average Bonchev–Trinajstić information content (AvgIpc) is 2.98. The molecule has 0 unspecified atom stereocenters. The average molecular weight is 540 g/mol. The molecule has 0 spiro atoms. The molecule has 0 amide bonds. The lowest BCUT2D eigenvalue weighted by Crippen LogP contribution is -2.51. The molecule has 6 heteroatoms. The summed E-state index contributed by atoms with van der Waals surface area (Å²) in [6.45, 7) is 0. The van der Waals surface area contributed by atoms with Crippen molar-refractivity contribution in [1.82, 2.24) is 5.09 Å². The van der Waals surface area contributed by atoms with E-state index in [9.17, 15) is 13.9 Å². The van der Waals surface area contributed by atoms with Gasteiger partial charge in [-0.05, 0) is 71.6 Å². The predicted octanol–water partition coefficient (Wildman–Crippen LogP) is 6.33. The molecule has 0 aromatic heterocycles. The van der Waals surface area contributed by atoms with E-state index in [2.05, 4.69) is 5.09 Å². The molecule has 196 valence electrons. The molecule has 0 radical (unpaired) electrons. The van der Waals surface area contributed by atoms with Crippen LogP contribution in [0.4, 0.5) is 8.78 Å². The third-order valence-electron chi connectivity index (χ3n) is 6.93. The van der Waals surface area contributed by atoms with Crippen molar-refractivity contribution >= 4 is 17.9 Å². The van der Waals surface area contributed by atoms with Crippen molar-refractivity contribution in [3.05, 3.63) is 168 Å². The Morgan fingerprint density at radius 2 is 1.00 bits per heavy atom. The summed E-state index contributed by atoms with van der Waals surface area (Å²) in [6, 6.07) is 38.0. The van der Waals surface area contributed by atoms with E-state index < -0.39 is 30.6 Å². The van der Waals surface area contributed by atoms with Crippen molar-refractivity contribution < 1.29 is 18.5 Å². The van der Waals surface area contributed by atoms with Gasteiger partial charge in [-0.15, -0.1) is 0 Å². The maximum Gasteiger partial charge on any atom is 0.205 e. The zero-order valence-electron chi connectivity index (χ0n) is 21.1. The molecule has 0 heterocycles. The standard InChI is InChI=1S/C33H28F2NO2P/c34-28-20-16-26(17-21-28)33(37,27-18-22-29(35)23-19-27)32(24-25-10-4-1-5-11-25)36-39(38,30-12-6-2-7-13-30)31-14-8-3-9-15-31/h1-23,32,37H,24H2,(H,36,38)/t32-/m0/s1. The van der Waals surface area contributed by atoms with Crippen molar-refractivity contribution in [2.24, 2.45) is 0 Å². The fraction of sp³-hybridized carbons (Fsp3) is 0.0909. The van der Waals surface area contributed by atoms with Crippen LogP contribution in [0, 0.1) is 11.6 Å². The Bertz CT molecular complexity index is 1460. The first-order valence-corrected chi connectivity index (χ1v) is 14.4. The minimum absolute atomic E-state index is 0.274. The van der Waals surface area contributed by atoms with Crippen LogP contribution in [-0.4, -0.2) is 11.1 Å². The lowest BCUT2D eigenvalue weighted by Gasteiger charge is -2.40. The molecule has 5 rings (SSSR count). The Morgan fingerprint density at radius 3 is 1.41 bits per heavy atom. The molecule has 0 aliphatic heterocycles. The van der Waals surface area contributed by atoms with Gasteiger partial charge in [-0.2, -0.15) is 0 Å². The highest BCUT2D eigenvalue weighted by atomic mass is 31.2. The third kappa shape index (κ3) is 5.62. The Balaban J connectivity index is 1.73. The Labute approximate surface area is 227 Å². The number of nitrogens with one attached hydrogen (secondary N) is 1. The molecule has 1 atom stereocenters. The highest BCUT2D eigenvalue weighted by Gasteiger charge is 2.44. The van der Waals surface area contributed by atoms with Crippen molar-refractivity contribution in [2.45, 2.75) is 18.1 Å². The second-order valence-electron chi connectivity index (χ2n) is 9.43.